The number of ether oxygens (including phenoxy) is 2. The van der Waals surface area contributed by atoms with Crippen LogP contribution >= 0.6 is 7.82 Å². The van der Waals surface area contributed by atoms with Crippen molar-refractivity contribution < 1.29 is 42.1 Å². The Morgan fingerprint density at radius 1 is 0.464 bits per heavy atom. The third-order valence-corrected chi connectivity index (χ3v) is 11.7. The summed E-state index contributed by atoms with van der Waals surface area (Å²) in [5, 5.41) is 0. The van der Waals surface area contributed by atoms with Crippen molar-refractivity contribution in [2.45, 2.75) is 193 Å². The lowest BCUT2D eigenvalue weighted by Crippen LogP contribution is -2.37. The molecule has 0 saturated carbocycles. The van der Waals surface area contributed by atoms with E-state index in [1.807, 2.05) is 21.1 Å². The molecule has 10 heteroatoms. The van der Waals surface area contributed by atoms with Crippen LogP contribution in [0.5, 0.6) is 0 Å². The minimum Gasteiger partial charge on any atom is -0.756 e. The molecular weight excluding hydrogens is 882 g/mol. The number of hydrogen-bond acceptors (Lipinski definition) is 8. The molecule has 0 radical (unpaired) electrons. The van der Waals surface area contributed by atoms with Crippen molar-refractivity contribution in [1.82, 2.24) is 0 Å². The van der Waals surface area contributed by atoms with E-state index in [4.69, 9.17) is 18.5 Å². The summed E-state index contributed by atoms with van der Waals surface area (Å²) in [7, 11) is 1.14. The number of rotatable bonds is 47. The molecule has 0 amide bonds. The molecule has 0 aromatic carbocycles. The number of carbonyl (C=O) groups is 2. The van der Waals surface area contributed by atoms with Crippen LogP contribution in [0.2, 0.25) is 0 Å². The molecule has 9 nitrogen and oxygen atoms in total. The van der Waals surface area contributed by atoms with Gasteiger partial charge in [0.05, 0.1) is 27.7 Å². The van der Waals surface area contributed by atoms with Gasteiger partial charge in [0.2, 0.25) is 0 Å². The van der Waals surface area contributed by atoms with Crippen LogP contribution < -0.4 is 4.89 Å². The number of phosphoric ester groups is 1. The number of hydrogen-bond donors (Lipinski definition) is 0. The molecule has 0 spiro atoms. The molecule has 0 aromatic rings. The molecule has 0 heterocycles. The maximum absolute atomic E-state index is 12.7. The van der Waals surface area contributed by atoms with E-state index >= 15 is 0 Å². The van der Waals surface area contributed by atoms with Crippen molar-refractivity contribution in [3.05, 3.63) is 122 Å². The first-order valence-corrected chi connectivity index (χ1v) is 28.2. The molecule has 0 saturated heterocycles. The lowest BCUT2D eigenvalue weighted by atomic mass is 10.1. The Morgan fingerprint density at radius 2 is 0.826 bits per heavy atom. The van der Waals surface area contributed by atoms with Gasteiger partial charge in [-0.3, -0.25) is 14.2 Å². The van der Waals surface area contributed by atoms with Crippen LogP contribution in [-0.4, -0.2) is 70.0 Å². The molecule has 0 aliphatic heterocycles. The molecule has 0 bridgehead atoms. The quantitative estimate of drug-likeness (QED) is 0.0195. The zero-order valence-electron chi connectivity index (χ0n) is 44.2. The maximum Gasteiger partial charge on any atom is 0.306 e. The highest BCUT2D eigenvalue weighted by Gasteiger charge is 2.21. The van der Waals surface area contributed by atoms with E-state index < -0.39 is 32.5 Å². The van der Waals surface area contributed by atoms with E-state index in [9.17, 15) is 19.0 Å². The normalized spacial score (nSPS) is 14.3. The van der Waals surface area contributed by atoms with Crippen molar-refractivity contribution in [3.8, 4) is 0 Å². The number of likely N-dealkylation sites (N-methyl/N-ethyl adjacent to an activating group) is 1. The largest absolute Gasteiger partial charge is 0.756 e. The highest BCUT2D eigenvalue weighted by atomic mass is 31.2. The van der Waals surface area contributed by atoms with Crippen LogP contribution in [0, 0.1) is 0 Å². The summed E-state index contributed by atoms with van der Waals surface area (Å²) in [6.45, 7) is 4.04. The first-order chi connectivity index (χ1) is 33.5. The SMILES string of the molecule is CC/C=C\C/C=C\C/C=C\C/C=C\C/C=C\C/C=C\C/C=C\C/C=C\C/C=C\C/C=C\CCCCCCCCC(=O)OC(COC(=O)CCCCCCCCCC)COP(=O)([O-])OCC[N+](C)(C)C. The molecule has 0 aromatic heterocycles. The molecular formula is C59H98NO8P. The van der Waals surface area contributed by atoms with Crippen molar-refractivity contribution in [3.63, 3.8) is 0 Å². The monoisotopic (exact) mass is 980 g/mol. The van der Waals surface area contributed by atoms with E-state index in [2.05, 4.69) is 135 Å². The van der Waals surface area contributed by atoms with E-state index in [0.29, 0.717) is 17.4 Å². The van der Waals surface area contributed by atoms with Gasteiger partial charge in [-0.15, -0.1) is 0 Å². The summed E-state index contributed by atoms with van der Waals surface area (Å²) in [5.74, 6) is -0.865. The highest BCUT2D eigenvalue weighted by Crippen LogP contribution is 2.38. The van der Waals surface area contributed by atoms with Crippen LogP contribution in [0.25, 0.3) is 0 Å². The number of unbranched alkanes of at least 4 members (excludes halogenated alkanes) is 13. The van der Waals surface area contributed by atoms with Crippen LogP contribution in [0.3, 0.4) is 0 Å². The van der Waals surface area contributed by atoms with Crippen LogP contribution in [-0.2, 0) is 32.7 Å². The van der Waals surface area contributed by atoms with Gasteiger partial charge in [-0.1, -0.05) is 206 Å². The lowest BCUT2D eigenvalue weighted by molar-refractivity contribution is -0.870. The fraction of sp³-hybridized carbons (Fsp3) is 0.627. The van der Waals surface area contributed by atoms with Gasteiger partial charge in [0.15, 0.2) is 6.10 Å². The first kappa shape index (κ1) is 65.4. The Bertz CT molecular complexity index is 1580. The molecule has 392 valence electrons. The Kier molecular flexibility index (Phi) is 46.8. The van der Waals surface area contributed by atoms with Crippen molar-refractivity contribution in [2.24, 2.45) is 0 Å². The smallest absolute Gasteiger partial charge is 0.306 e. The third-order valence-electron chi connectivity index (χ3n) is 10.7. The number of carbonyl (C=O) groups excluding carboxylic acids is 2. The molecule has 2 atom stereocenters. The zero-order valence-corrected chi connectivity index (χ0v) is 45.1. The van der Waals surface area contributed by atoms with Crippen molar-refractivity contribution in [2.75, 3.05) is 47.5 Å². The average Bonchev–Trinajstić information content (AvgIpc) is 3.31. The maximum atomic E-state index is 12.7. The summed E-state index contributed by atoms with van der Waals surface area (Å²) < 4.78 is 33.9. The Balaban J connectivity index is 4.12. The number of phosphoric acid groups is 1. The number of esters is 2. The molecule has 0 fully saturated rings. The van der Waals surface area contributed by atoms with E-state index in [1.54, 1.807) is 0 Å². The van der Waals surface area contributed by atoms with Gasteiger partial charge in [0.25, 0.3) is 7.82 Å². The molecule has 2 unspecified atom stereocenters. The minimum absolute atomic E-state index is 0.0392. The predicted octanol–water partition coefficient (Wildman–Crippen LogP) is 15.8. The molecule has 0 rings (SSSR count). The fourth-order valence-electron chi connectivity index (χ4n) is 6.62. The van der Waals surface area contributed by atoms with Crippen molar-refractivity contribution in [1.29, 1.82) is 0 Å². The van der Waals surface area contributed by atoms with Gasteiger partial charge in [0, 0.05) is 12.8 Å². The number of allylic oxidation sites excluding steroid dienone is 20. The second-order valence-corrected chi connectivity index (χ2v) is 19.9. The third kappa shape index (κ3) is 53.6. The number of nitrogens with zero attached hydrogens (tertiary/aromatic N) is 1. The highest BCUT2D eigenvalue weighted by molar-refractivity contribution is 7.45. The van der Waals surface area contributed by atoms with Crippen LogP contribution in [0.15, 0.2) is 122 Å². The second kappa shape index (κ2) is 49.4. The zero-order chi connectivity index (χ0) is 50.6. The Morgan fingerprint density at radius 3 is 1.23 bits per heavy atom. The number of quaternary nitrogens is 1. The van der Waals surface area contributed by atoms with E-state index in [1.165, 1.54) is 32.1 Å². The first-order valence-electron chi connectivity index (χ1n) is 26.7. The van der Waals surface area contributed by atoms with Gasteiger partial charge in [-0.25, -0.2) is 0 Å². The van der Waals surface area contributed by atoms with Crippen LogP contribution in [0.1, 0.15) is 187 Å². The fourth-order valence-corrected chi connectivity index (χ4v) is 7.35. The van der Waals surface area contributed by atoms with Crippen LogP contribution in [0.4, 0.5) is 0 Å². The summed E-state index contributed by atoms with van der Waals surface area (Å²) >= 11 is 0. The van der Waals surface area contributed by atoms with Gasteiger partial charge in [-0.05, 0) is 89.9 Å². The second-order valence-electron chi connectivity index (χ2n) is 18.5. The summed E-state index contributed by atoms with van der Waals surface area (Å²) in [4.78, 5) is 37.5. The topological polar surface area (TPSA) is 111 Å². The van der Waals surface area contributed by atoms with Gasteiger partial charge in [-0.2, -0.15) is 0 Å². The minimum atomic E-state index is -4.63. The van der Waals surface area contributed by atoms with E-state index in [-0.39, 0.29) is 26.1 Å². The van der Waals surface area contributed by atoms with Crippen molar-refractivity contribution >= 4 is 19.8 Å². The predicted molar refractivity (Wildman–Crippen MR) is 291 cm³/mol. The summed E-state index contributed by atoms with van der Waals surface area (Å²) in [5.41, 5.74) is 0. The standard InChI is InChI=1S/C59H98NO8P/c1-6-8-10-12-14-16-17-18-19-20-21-22-23-24-25-26-27-28-29-30-31-32-33-34-35-36-37-38-39-40-41-42-43-44-46-48-50-52-59(62)68-57(56-67-69(63,64)66-54-53-60(3,4)5)55-65-58(61)51-49-47-45-15-13-11-9-7-2/h8,10,14,16,18-19,21-22,24-25,27-28,30-31,33-34,36-37,39-40,57H,6-7,9,11-13,15,17,20,23,26,29,32,35,38,41-56H2,1-5H3/b10-8-,16-14-,19-18-,22-21-,25-24-,28-27-,31-30-,34-33-,37-36-,40-39-. The summed E-state index contributed by atoms with van der Waals surface area (Å²) in [6, 6.07) is 0. The summed E-state index contributed by atoms with van der Waals surface area (Å²) in [6.07, 6.45) is 69.8. The molecule has 0 aliphatic carbocycles. The molecule has 0 aliphatic rings. The van der Waals surface area contributed by atoms with Gasteiger partial charge >= 0.3 is 11.9 Å². The lowest BCUT2D eigenvalue weighted by Gasteiger charge is -2.28. The van der Waals surface area contributed by atoms with Gasteiger partial charge < -0.3 is 27.9 Å². The molecule has 0 N–H and O–H groups in total. The Hall–Kier alpha value is -3.59. The molecule has 69 heavy (non-hydrogen) atoms. The van der Waals surface area contributed by atoms with E-state index in [0.717, 1.165) is 122 Å². The average molecular weight is 980 g/mol. The Labute approximate surface area is 422 Å². The van der Waals surface area contributed by atoms with Gasteiger partial charge in [0.1, 0.15) is 19.8 Å².